The molecular weight excluding hydrogens is 284 g/mol. The second kappa shape index (κ2) is 13.5. The summed E-state index contributed by atoms with van der Waals surface area (Å²) in [5, 5.41) is 6.36. The lowest BCUT2D eigenvalue weighted by molar-refractivity contribution is 0.138. The van der Waals surface area contributed by atoms with Gasteiger partial charge in [-0.2, -0.15) is 0 Å². The highest BCUT2D eigenvalue weighted by molar-refractivity contribution is 5.08. The molecule has 1 aromatic heterocycles. The van der Waals surface area contributed by atoms with Crippen LogP contribution < -0.4 is 10.6 Å². The molecule has 0 atom stereocenters. The summed E-state index contributed by atoms with van der Waals surface area (Å²) >= 11 is 0. The molecule has 1 fully saturated rings. The van der Waals surface area contributed by atoms with Crippen LogP contribution in [0.25, 0.3) is 0 Å². The lowest BCUT2D eigenvalue weighted by atomic mass is 10.2. The van der Waals surface area contributed by atoms with Gasteiger partial charge in [-0.05, 0) is 58.1 Å². The Labute approximate surface area is 144 Å². The average Bonchev–Trinajstić information content (AvgIpc) is 2.45. The molecule has 0 amide bonds. The van der Waals surface area contributed by atoms with Crippen molar-refractivity contribution in [2.24, 2.45) is 0 Å². The fraction of sp³-hybridized carbons (Fsp3) is 0.737. The number of hydrogen-bond acceptors (Lipinski definition) is 4. The summed E-state index contributed by atoms with van der Waals surface area (Å²) in [6.45, 7) is 16.6. The first-order valence-corrected chi connectivity index (χ1v) is 8.90. The lowest BCUT2D eigenvalue weighted by Crippen LogP contribution is -2.41. The number of likely N-dealkylation sites (tertiary alicyclic amines) is 1. The molecule has 4 nitrogen and oxygen atoms in total. The Morgan fingerprint density at radius 2 is 1.52 bits per heavy atom. The van der Waals surface area contributed by atoms with Crippen molar-refractivity contribution in [3.8, 4) is 0 Å². The molecule has 4 heteroatoms. The average molecular weight is 323 g/mol. The molecule has 0 spiro atoms. The van der Waals surface area contributed by atoms with Crippen LogP contribution in [0.4, 0.5) is 0 Å². The van der Waals surface area contributed by atoms with E-state index in [1.165, 1.54) is 25.1 Å². The zero-order chi connectivity index (χ0) is 17.7. The highest BCUT2D eigenvalue weighted by atomic mass is 15.2. The van der Waals surface area contributed by atoms with E-state index in [1.807, 2.05) is 31.6 Å². The molecule has 2 N–H and O–H groups in total. The van der Waals surface area contributed by atoms with Gasteiger partial charge in [0.2, 0.25) is 0 Å². The van der Waals surface area contributed by atoms with E-state index in [-0.39, 0.29) is 0 Å². The molecule has 1 saturated heterocycles. The summed E-state index contributed by atoms with van der Waals surface area (Å²) in [6, 6.07) is 6.01. The SMILES string of the molecule is CC(C)N1CCC1.CC(C)NCc1ccncc1.CNC(C)C. The first-order chi connectivity index (χ1) is 10.9. The number of nitrogens with one attached hydrogen (secondary N) is 2. The largest absolute Gasteiger partial charge is 0.318 e. The maximum Gasteiger partial charge on any atom is 0.0271 e. The second-order valence-electron chi connectivity index (χ2n) is 6.82. The maximum absolute atomic E-state index is 3.94. The van der Waals surface area contributed by atoms with Crippen LogP contribution in [0.5, 0.6) is 0 Å². The van der Waals surface area contributed by atoms with Gasteiger partial charge in [-0.25, -0.2) is 0 Å². The van der Waals surface area contributed by atoms with Gasteiger partial charge in [0.1, 0.15) is 0 Å². The van der Waals surface area contributed by atoms with Gasteiger partial charge in [-0.15, -0.1) is 0 Å². The van der Waals surface area contributed by atoms with E-state index in [1.54, 1.807) is 0 Å². The molecule has 1 aromatic rings. The second-order valence-corrected chi connectivity index (χ2v) is 6.82. The summed E-state index contributed by atoms with van der Waals surface area (Å²) < 4.78 is 0. The summed E-state index contributed by atoms with van der Waals surface area (Å²) in [6.07, 6.45) is 5.05. The first kappa shape index (κ1) is 22.0. The van der Waals surface area contributed by atoms with E-state index in [2.05, 4.69) is 62.1 Å². The smallest absolute Gasteiger partial charge is 0.0271 e. The van der Waals surface area contributed by atoms with Gasteiger partial charge in [-0.3, -0.25) is 4.98 Å². The third-order valence-corrected chi connectivity index (χ3v) is 3.66. The van der Waals surface area contributed by atoms with Crippen molar-refractivity contribution >= 4 is 0 Å². The zero-order valence-corrected chi connectivity index (χ0v) is 16.3. The van der Waals surface area contributed by atoms with Gasteiger partial charge in [0.15, 0.2) is 0 Å². The van der Waals surface area contributed by atoms with E-state index in [4.69, 9.17) is 0 Å². The molecule has 0 aliphatic carbocycles. The molecule has 2 rings (SSSR count). The highest BCUT2D eigenvalue weighted by Crippen LogP contribution is 2.08. The monoisotopic (exact) mass is 322 g/mol. The Hall–Kier alpha value is -0.970. The quantitative estimate of drug-likeness (QED) is 0.873. The number of nitrogens with zero attached hydrogens (tertiary/aromatic N) is 2. The van der Waals surface area contributed by atoms with E-state index in [0.29, 0.717) is 12.1 Å². The van der Waals surface area contributed by atoms with Crippen molar-refractivity contribution in [2.45, 2.75) is 72.6 Å². The molecule has 0 radical (unpaired) electrons. The Morgan fingerprint density at radius 1 is 1.00 bits per heavy atom. The van der Waals surface area contributed by atoms with Gasteiger partial charge in [0.05, 0.1) is 0 Å². The number of hydrogen-bond donors (Lipinski definition) is 2. The van der Waals surface area contributed by atoms with Gasteiger partial charge in [0, 0.05) is 37.1 Å². The summed E-state index contributed by atoms with van der Waals surface area (Å²) in [5.41, 5.74) is 1.29. The molecule has 0 aromatic carbocycles. The highest BCUT2D eigenvalue weighted by Gasteiger charge is 2.15. The molecule has 1 aliphatic rings. The zero-order valence-electron chi connectivity index (χ0n) is 16.3. The molecule has 0 bridgehead atoms. The van der Waals surface area contributed by atoms with Crippen molar-refractivity contribution in [1.29, 1.82) is 0 Å². The lowest BCUT2D eigenvalue weighted by Gasteiger charge is -2.34. The molecule has 134 valence electrons. The Bertz CT molecular complexity index is 359. The van der Waals surface area contributed by atoms with Crippen molar-refractivity contribution in [1.82, 2.24) is 20.5 Å². The summed E-state index contributed by atoms with van der Waals surface area (Å²) in [7, 11) is 1.95. The van der Waals surface area contributed by atoms with Crippen LogP contribution in [0.2, 0.25) is 0 Å². The van der Waals surface area contributed by atoms with Crippen molar-refractivity contribution < 1.29 is 0 Å². The first-order valence-electron chi connectivity index (χ1n) is 8.90. The maximum atomic E-state index is 3.94. The van der Waals surface area contributed by atoms with Gasteiger partial charge in [0.25, 0.3) is 0 Å². The van der Waals surface area contributed by atoms with E-state index in [0.717, 1.165) is 12.6 Å². The minimum atomic E-state index is 0.545. The van der Waals surface area contributed by atoms with Crippen LogP contribution in [0.15, 0.2) is 24.5 Å². The van der Waals surface area contributed by atoms with Crippen LogP contribution in [-0.4, -0.2) is 48.1 Å². The van der Waals surface area contributed by atoms with E-state index >= 15 is 0 Å². The number of rotatable bonds is 5. The minimum absolute atomic E-state index is 0.545. The Morgan fingerprint density at radius 3 is 1.78 bits per heavy atom. The standard InChI is InChI=1S/C9H14N2.C6H13N.C4H11N/c1-8(2)11-7-9-3-5-10-6-4-9;1-6(2)7-4-3-5-7;1-4(2)5-3/h3-6,8,11H,7H2,1-2H3;6H,3-5H2,1-2H3;4-5H,1-3H3. The van der Waals surface area contributed by atoms with Crippen LogP contribution >= 0.6 is 0 Å². The van der Waals surface area contributed by atoms with Crippen molar-refractivity contribution in [3.05, 3.63) is 30.1 Å². The van der Waals surface area contributed by atoms with Gasteiger partial charge >= 0.3 is 0 Å². The van der Waals surface area contributed by atoms with Crippen molar-refractivity contribution in [3.63, 3.8) is 0 Å². The van der Waals surface area contributed by atoms with Gasteiger partial charge < -0.3 is 15.5 Å². The number of aromatic nitrogens is 1. The molecule has 2 heterocycles. The van der Waals surface area contributed by atoms with Crippen molar-refractivity contribution in [2.75, 3.05) is 20.1 Å². The molecular formula is C19H38N4. The van der Waals surface area contributed by atoms with Crippen LogP contribution in [0.3, 0.4) is 0 Å². The normalized spacial score (nSPS) is 14.0. The number of pyridine rings is 1. The topological polar surface area (TPSA) is 40.2 Å². The van der Waals surface area contributed by atoms with Crippen LogP contribution in [0, 0.1) is 0 Å². The minimum Gasteiger partial charge on any atom is -0.318 e. The molecule has 1 aliphatic heterocycles. The van der Waals surface area contributed by atoms with E-state index < -0.39 is 0 Å². The fourth-order valence-electron chi connectivity index (χ4n) is 1.68. The summed E-state index contributed by atoms with van der Waals surface area (Å²) in [4.78, 5) is 6.42. The Kier molecular flexibility index (Phi) is 12.9. The predicted octanol–water partition coefficient (Wildman–Crippen LogP) is 3.29. The van der Waals surface area contributed by atoms with Gasteiger partial charge in [-0.1, -0.05) is 27.7 Å². The third-order valence-electron chi connectivity index (χ3n) is 3.66. The molecule has 0 unspecified atom stereocenters. The predicted molar refractivity (Wildman–Crippen MR) is 102 cm³/mol. The van der Waals surface area contributed by atoms with Crippen LogP contribution in [0.1, 0.15) is 53.5 Å². The molecule has 0 saturated carbocycles. The molecule has 23 heavy (non-hydrogen) atoms. The van der Waals surface area contributed by atoms with Crippen LogP contribution in [-0.2, 0) is 6.54 Å². The Balaban J connectivity index is 0.000000347. The third kappa shape index (κ3) is 13.2. The summed E-state index contributed by atoms with van der Waals surface area (Å²) in [5.74, 6) is 0. The van der Waals surface area contributed by atoms with E-state index in [9.17, 15) is 0 Å². The fourth-order valence-corrected chi connectivity index (χ4v) is 1.68.